The fourth-order valence-electron chi connectivity index (χ4n) is 2.14. The zero-order chi connectivity index (χ0) is 14.5. The van der Waals surface area contributed by atoms with Crippen LogP contribution >= 0.6 is 11.3 Å². The van der Waals surface area contributed by atoms with Crippen LogP contribution in [0.3, 0.4) is 0 Å². The second-order valence-corrected chi connectivity index (χ2v) is 5.92. The average Bonchev–Trinajstić information content (AvgIpc) is 3.00. The molecule has 5 nitrogen and oxygen atoms in total. The molecule has 2 aromatic rings. The highest BCUT2D eigenvalue weighted by molar-refractivity contribution is 7.14. The lowest BCUT2D eigenvalue weighted by Gasteiger charge is -2.18. The van der Waals surface area contributed by atoms with Crippen molar-refractivity contribution in [1.82, 2.24) is 15.5 Å². The summed E-state index contributed by atoms with van der Waals surface area (Å²) in [6.45, 7) is 5.37. The molecule has 1 aliphatic rings. The summed E-state index contributed by atoms with van der Waals surface area (Å²) in [7, 11) is 0. The molecule has 0 aliphatic carbocycles. The van der Waals surface area contributed by atoms with Gasteiger partial charge in [0.15, 0.2) is 11.5 Å². The van der Waals surface area contributed by atoms with Gasteiger partial charge >= 0.3 is 0 Å². The minimum Gasteiger partial charge on any atom is -0.486 e. The summed E-state index contributed by atoms with van der Waals surface area (Å²) >= 11 is 1.64. The number of aromatic nitrogens is 2. The topological polar surface area (TPSA) is 56.3 Å². The minimum absolute atomic E-state index is 0.598. The van der Waals surface area contributed by atoms with Gasteiger partial charge in [0.25, 0.3) is 0 Å². The van der Waals surface area contributed by atoms with E-state index < -0.39 is 0 Å². The molecular weight excluding hydrogens is 286 g/mol. The van der Waals surface area contributed by atoms with Crippen molar-refractivity contribution in [3.05, 3.63) is 23.2 Å². The summed E-state index contributed by atoms with van der Waals surface area (Å²) in [5, 5.41) is 13.9. The predicted molar refractivity (Wildman–Crippen MR) is 83.2 cm³/mol. The van der Waals surface area contributed by atoms with Crippen LogP contribution in [-0.2, 0) is 6.42 Å². The molecule has 6 heteroatoms. The third-order valence-corrected chi connectivity index (χ3v) is 4.23. The van der Waals surface area contributed by atoms with Crippen LogP contribution in [0, 0.1) is 0 Å². The van der Waals surface area contributed by atoms with Crippen molar-refractivity contribution in [2.75, 3.05) is 26.3 Å². The van der Waals surface area contributed by atoms with Gasteiger partial charge in [0.1, 0.15) is 23.2 Å². The number of fused-ring (bicyclic) bond motifs is 1. The van der Waals surface area contributed by atoms with Gasteiger partial charge in [-0.25, -0.2) is 0 Å². The van der Waals surface area contributed by atoms with Gasteiger partial charge in [-0.2, -0.15) is 0 Å². The lowest BCUT2D eigenvalue weighted by molar-refractivity contribution is 0.171. The molecule has 1 aromatic carbocycles. The molecule has 0 saturated heterocycles. The van der Waals surface area contributed by atoms with E-state index in [4.69, 9.17) is 9.47 Å². The summed E-state index contributed by atoms with van der Waals surface area (Å²) in [5.74, 6) is 1.60. The summed E-state index contributed by atoms with van der Waals surface area (Å²) < 4.78 is 11.1. The summed E-state index contributed by atoms with van der Waals surface area (Å²) in [5.41, 5.74) is 1.03. The van der Waals surface area contributed by atoms with Gasteiger partial charge in [-0.1, -0.05) is 18.3 Å². The number of benzene rings is 1. The first-order chi connectivity index (χ1) is 10.4. The fourth-order valence-corrected chi connectivity index (χ4v) is 2.98. The number of ether oxygens (including phenoxy) is 2. The van der Waals surface area contributed by atoms with E-state index in [9.17, 15) is 0 Å². The molecule has 1 aromatic heterocycles. The first-order valence-electron chi connectivity index (χ1n) is 7.30. The van der Waals surface area contributed by atoms with Crippen LogP contribution in [0.4, 0.5) is 0 Å². The highest BCUT2D eigenvalue weighted by Gasteiger charge is 2.14. The van der Waals surface area contributed by atoms with E-state index in [1.165, 1.54) is 0 Å². The molecule has 21 heavy (non-hydrogen) atoms. The van der Waals surface area contributed by atoms with Crippen LogP contribution in [0.1, 0.15) is 18.4 Å². The second kappa shape index (κ2) is 6.87. The third kappa shape index (κ3) is 3.51. The number of nitrogens with zero attached hydrogens (tertiary/aromatic N) is 2. The Morgan fingerprint density at radius 3 is 2.86 bits per heavy atom. The van der Waals surface area contributed by atoms with E-state index in [1.54, 1.807) is 11.3 Å². The Morgan fingerprint density at radius 1 is 1.14 bits per heavy atom. The molecule has 0 fully saturated rings. The maximum Gasteiger partial charge on any atom is 0.162 e. The molecule has 2 heterocycles. The molecular formula is C15H19N3O2S. The molecule has 3 rings (SSSR count). The molecule has 0 radical (unpaired) electrons. The molecule has 1 aliphatic heterocycles. The van der Waals surface area contributed by atoms with Gasteiger partial charge in [0, 0.05) is 18.5 Å². The molecule has 0 bridgehead atoms. The Bertz CT molecular complexity index is 600. The largest absolute Gasteiger partial charge is 0.486 e. The average molecular weight is 305 g/mol. The molecule has 0 atom stereocenters. The van der Waals surface area contributed by atoms with E-state index in [0.29, 0.717) is 13.2 Å². The predicted octanol–water partition coefficient (Wildman–Crippen LogP) is 2.52. The van der Waals surface area contributed by atoms with Crippen molar-refractivity contribution in [2.24, 2.45) is 0 Å². The van der Waals surface area contributed by atoms with E-state index in [0.717, 1.165) is 53.0 Å². The van der Waals surface area contributed by atoms with Crippen molar-refractivity contribution < 1.29 is 9.47 Å². The number of hydrogen-bond donors (Lipinski definition) is 1. The second-order valence-electron chi connectivity index (χ2n) is 4.86. The first kappa shape index (κ1) is 14.3. The maximum absolute atomic E-state index is 5.61. The van der Waals surface area contributed by atoms with E-state index in [1.807, 2.05) is 18.2 Å². The Hall–Kier alpha value is -1.66. The Balaban J connectivity index is 1.68. The number of hydrogen-bond acceptors (Lipinski definition) is 6. The molecule has 0 amide bonds. The van der Waals surface area contributed by atoms with Crippen molar-refractivity contribution in [3.63, 3.8) is 0 Å². The Kier molecular flexibility index (Phi) is 4.67. The van der Waals surface area contributed by atoms with Gasteiger partial charge in [-0.15, -0.1) is 10.2 Å². The molecule has 0 saturated carbocycles. The number of rotatable bonds is 6. The van der Waals surface area contributed by atoms with Gasteiger partial charge in [-0.3, -0.25) is 0 Å². The third-order valence-electron chi connectivity index (χ3n) is 3.20. The standard InChI is InChI=1S/C15H19N3O2S/c1-2-6-16-7-5-14-17-18-15(21-14)11-3-4-12-13(10-11)20-9-8-19-12/h3-4,10,16H,2,5-9H2,1H3. The van der Waals surface area contributed by atoms with Crippen LogP contribution in [0.25, 0.3) is 10.6 Å². The zero-order valence-electron chi connectivity index (χ0n) is 12.1. The first-order valence-corrected chi connectivity index (χ1v) is 8.11. The van der Waals surface area contributed by atoms with Crippen molar-refractivity contribution in [3.8, 4) is 22.1 Å². The van der Waals surface area contributed by atoms with Crippen LogP contribution in [0.15, 0.2) is 18.2 Å². The zero-order valence-corrected chi connectivity index (χ0v) is 12.9. The summed E-state index contributed by atoms with van der Waals surface area (Å²) in [6.07, 6.45) is 2.07. The van der Waals surface area contributed by atoms with Crippen LogP contribution in [0.5, 0.6) is 11.5 Å². The van der Waals surface area contributed by atoms with E-state index >= 15 is 0 Å². The van der Waals surface area contributed by atoms with Crippen LogP contribution in [-0.4, -0.2) is 36.5 Å². The highest BCUT2D eigenvalue weighted by Crippen LogP contribution is 2.35. The quantitative estimate of drug-likeness (QED) is 0.831. The molecule has 0 unspecified atom stereocenters. The SMILES string of the molecule is CCCNCCc1nnc(-c2ccc3c(c2)OCCO3)s1. The van der Waals surface area contributed by atoms with Gasteiger partial charge in [-0.05, 0) is 31.2 Å². The van der Waals surface area contributed by atoms with Gasteiger partial charge in [0.05, 0.1) is 0 Å². The van der Waals surface area contributed by atoms with E-state index in [2.05, 4.69) is 22.4 Å². The van der Waals surface area contributed by atoms with Gasteiger partial charge in [0.2, 0.25) is 0 Å². The Labute approximate surface area is 128 Å². The highest BCUT2D eigenvalue weighted by atomic mass is 32.1. The lowest BCUT2D eigenvalue weighted by Crippen LogP contribution is -2.17. The Morgan fingerprint density at radius 2 is 2.00 bits per heavy atom. The summed E-state index contributed by atoms with van der Waals surface area (Å²) in [6, 6.07) is 5.93. The molecule has 0 spiro atoms. The smallest absolute Gasteiger partial charge is 0.162 e. The monoisotopic (exact) mass is 305 g/mol. The minimum atomic E-state index is 0.598. The molecule has 112 valence electrons. The fraction of sp³-hybridized carbons (Fsp3) is 0.467. The normalized spacial score (nSPS) is 13.4. The van der Waals surface area contributed by atoms with Crippen molar-refractivity contribution >= 4 is 11.3 Å². The summed E-state index contributed by atoms with van der Waals surface area (Å²) in [4.78, 5) is 0. The molecule has 1 N–H and O–H groups in total. The van der Waals surface area contributed by atoms with Crippen LogP contribution in [0.2, 0.25) is 0 Å². The van der Waals surface area contributed by atoms with E-state index in [-0.39, 0.29) is 0 Å². The maximum atomic E-state index is 5.61. The lowest BCUT2D eigenvalue weighted by atomic mass is 10.2. The van der Waals surface area contributed by atoms with Crippen molar-refractivity contribution in [1.29, 1.82) is 0 Å². The van der Waals surface area contributed by atoms with Gasteiger partial charge < -0.3 is 14.8 Å². The number of nitrogens with one attached hydrogen (secondary N) is 1. The van der Waals surface area contributed by atoms with Crippen LogP contribution < -0.4 is 14.8 Å². The van der Waals surface area contributed by atoms with Crippen molar-refractivity contribution in [2.45, 2.75) is 19.8 Å².